The molecule has 0 unspecified atom stereocenters. The fourth-order valence-corrected chi connectivity index (χ4v) is 1.88. The van der Waals surface area contributed by atoms with Crippen molar-refractivity contribution >= 4 is 22.8 Å². The van der Waals surface area contributed by atoms with Gasteiger partial charge in [-0.25, -0.2) is 0 Å². The summed E-state index contributed by atoms with van der Waals surface area (Å²) in [6, 6.07) is 11.0. The van der Waals surface area contributed by atoms with Crippen molar-refractivity contribution in [1.82, 2.24) is 0 Å². The van der Waals surface area contributed by atoms with Crippen LogP contribution in [0.25, 0.3) is 0 Å². The summed E-state index contributed by atoms with van der Waals surface area (Å²) in [5.41, 5.74) is 4.55. The second-order valence-electron chi connectivity index (χ2n) is 4.89. The molecule has 0 heterocycles. The number of aryl methyl sites for hydroxylation is 1. The second kappa shape index (κ2) is 6.65. The third-order valence-corrected chi connectivity index (χ3v) is 3.20. The number of benzene rings is 2. The van der Waals surface area contributed by atoms with Crippen LogP contribution in [0, 0.1) is 27.2 Å². The number of hydrazone groups is 1. The third-order valence-electron chi connectivity index (χ3n) is 3.20. The molecule has 2 aromatic rings. The zero-order chi connectivity index (χ0) is 17.0. The van der Waals surface area contributed by atoms with E-state index in [4.69, 9.17) is 0 Å². The van der Waals surface area contributed by atoms with Gasteiger partial charge in [0.15, 0.2) is 0 Å². The van der Waals surface area contributed by atoms with Crippen molar-refractivity contribution in [2.45, 2.75) is 13.8 Å². The number of nitrogens with zero attached hydrogens (tertiary/aromatic N) is 3. The summed E-state index contributed by atoms with van der Waals surface area (Å²) in [7, 11) is 0. The molecule has 0 aliphatic rings. The molecule has 0 spiro atoms. The average Bonchev–Trinajstić information content (AvgIpc) is 2.52. The van der Waals surface area contributed by atoms with Gasteiger partial charge in [0, 0.05) is 6.07 Å². The lowest BCUT2D eigenvalue weighted by molar-refractivity contribution is -0.393. The van der Waals surface area contributed by atoms with Crippen molar-refractivity contribution in [3.8, 4) is 0 Å². The molecule has 0 saturated heterocycles. The van der Waals surface area contributed by atoms with Gasteiger partial charge in [0.2, 0.25) is 0 Å². The van der Waals surface area contributed by atoms with E-state index < -0.39 is 15.5 Å². The smallest absolute Gasteiger partial charge is 0.271 e. The second-order valence-corrected chi connectivity index (χ2v) is 4.89. The summed E-state index contributed by atoms with van der Waals surface area (Å²) in [5, 5.41) is 25.8. The molecule has 0 fully saturated rings. The zero-order valence-electron chi connectivity index (χ0n) is 12.5. The maximum Gasteiger partial charge on any atom is 0.301 e. The molecule has 8 heteroatoms. The first-order chi connectivity index (χ1) is 10.9. The van der Waals surface area contributed by atoms with Gasteiger partial charge in [-0.1, -0.05) is 29.8 Å². The summed E-state index contributed by atoms with van der Waals surface area (Å²) >= 11 is 0. The number of anilines is 1. The number of nitrogens with one attached hydrogen (secondary N) is 1. The van der Waals surface area contributed by atoms with Crippen LogP contribution in [0.4, 0.5) is 17.1 Å². The standard InChI is InChI=1S/C15H14N4O4/c1-10-3-5-12(6-4-10)11(2)16-17-14-8-7-13(18(20)21)9-15(14)19(22)23/h3-9,17H,1-2H3/b16-11-. The van der Waals surface area contributed by atoms with Crippen molar-refractivity contribution in [1.29, 1.82) is 0 Å². The quantitative estimate of drug-likeness (QED) is 0.514. The molecule has 2 aromatic carbocycles. The Morgan fingerprint density at radius 2 is 1.70 bits per heavy atom. The van der Waals surface area contributed by atoms with Gasteiger partial charge in [0.1, 0.15) is 5.69 Å². The number of rotatable bonds is 5. The van der Waals surface area contributed by atoms with Crippen molar-refractivity contribution in [3.05, 3.63) is 73.8 Å². The monoisotopic (exact) mass is 314 g/mol. The number of hydrogen-bond acceptors (Lipinski definition) is 6. The first-order valence-corrected chi connectivity index (χ1v) is 6.68. The number of nitro groups is 2. The van der Waals surface area contributed by atoms with E-state index in [9.17, 15) is 20.2 Å². The minimum Gasteiger partial charge on any atom is -0.271 e. The van der Waals surface area contributed by atoms with E-state index in [2.05, 4.69) is 10.5 Å². The summed E-state index contributed by atoms with van der Waals surface area (Å²) in [5.74, 6) is 0. The highest BCUT2D eigenvalue weighted by atomic mass is 16.6. The Labute approximate surface area is 131 Å². The third kappa shape index (κ3) is 3.88. The number of nitro benzene ring substituents is 2. The summed E-state index contributed by atoms with van der Waals surface area (Å²) in [4.78, 5) is 20.4. The Morgan fingerprint density at radius 1 is 1.04 bits per heavy atom. The van der Waals surface area contributed by atoms with Crippen LogP contribution in [0.2, 0.25) is 0 Å². The summed E-state index contributed by atoms with van der Waals surface area (Å²) in [6.45, 7) is 3.73. The van der Waals surface area contributed by atoms with Crippen LogP contribution in [0.15, 0.2) is 47.6 Å². The molecule has 1 N–H and O–H groups in total. The van der Waals surface area contributed by atoms with Gasteiger partial charge in [-0.3, -0.25) is 25.7 Å². The average molecular weight is 314 g/mol. The van der Waals surface area contributed by atoms with Gasteiger partial charge in [-0.15, -0.1) is 0 Å². The minimum absolute atomic E-state index is 0.0899. The molecule has 2 rings (SSSR count). The molecule has 0 aliphatic carbocycles. The highest BCUT2D eigenvalue weighted by molar-refractivity contribution is 5.99. The van der Waals surface area contributed by atoms with Gasteiger partial charge in [0.25, 0.3) is 5.69 Å². The van der Waals surface area contributed by atoms with Crippen LogP contribution < -0.4 is 5.43 Å². The van der Waals surface area contributed by atoms with E-state index >= 15 is 0 Å². The lowest BCUT2D eigenvalue weighted by atomic mass is 10.1. The molecular weight excluding hydrogens is 300 g/mol. The minimum atomic E-state index is -0.688. The van der Waals surface area contributed by atoms with Crippen LogP contribution in [-0.4, -0.2) is 15.6 Å². The molecular formula is C15H14N4O4. The maximum atomic E-state index is 11.0. The SMILES string of the molecule is C/C(=N/Nc1ccc([N+](=O)[O-])cc1[N+](=O)[O-])c1ccc(C)cc1. The van der Waals surface area contributed by atoms with Gasteiger partial charge >= 0.3 is 5.69 Å². The fraction of sp³-hybridized carbons (Fsp3) is 0.133. The molecule has 0 amide bonds. The highest BCUT2D eigenvalue weighted by Crippen LogP contribution is 2.29. The predicted molar refractivity (Wildman–Crippen MR) is 86.8 cm³/mol. The molecule has 8 nitrogen and oxygen atoms in total. The van der Waals surface area contributed by atoms with E-state index in [1.165, 1.54) is 12.1 Å². The van der Waals surface area contributed by atoms with Crippen LogP contribution >= 0.6 is 0 Å². The summed E-state index contributed by atoms with van der Waals surface area (Å²) in [6.07, 6.45) is 0. The molecule has 0 atom stereocenters. The fourth-order valence-electron chi connectivity index (χ4n) is 1.88. The van der Waals surface area contributed by atoms with E-state index in [1.54, 1.807) is 6.92 Å². The zero-order valence-corrected chi connectivity index (χ0v) is 12.5. The molecule has 0 radical (unpaired) electrons. The Balaban J connectivity index is 2.28. The first-order valence-electron chi connectivity index (χ1n) is 6.68. The lowest BCUT2D eigenvalue weighted by Crippen LogP contribution is -2.02. The molecule has 0 aliphatic heterocycles. The molecule has 118 valence electrons. The van der Waals surface area contributed by atoms with E-state index in [0.717, 1.165) is 17.2 Å². The number of non-ortho nitro benzene ring substituents is 1. The van der Waals surface area contributed by atoms with Crippen LogP contribution in [-0.2, 0) is 0 Å². The van der Waals surface area contributed by atoms with Crippen molar-refractivity contribution < 1.29 is 9.85 Å². The highest BCUT2D eigenvalue weighted by Gasteiger charge is 2.19. The molecule has 0 aromatic heterocycles. The van der Waals surface area contributed by atoms with Gasteiger partial charge in [-0.2, -0.15) is 5.10 Å². The van der Waals surface area contributed by atoms with E-state index in [-0.39, 0.29) is 11.4 Å². The van der Waals surface area contributed by atoms with Crippen molar-refractivity contribution in [3.63, 3.8) is 0 Å². The first kappa shape index (κ1) is 16.1. The Bertz CT molecular complexity index is 785. The van der Waals surface area contributed by atoms with Crippen molar-refractivity contribution in [2.75, 3.05) is 5.43 Å². The molecule has 0 bridgehead atoms. The van der Waals surface area contributed by atoms with Crippen molar-refractivity contribution in [2.24, 2.45) is 5.10 Å². The van der Waals surface area contributed by atoms with E-state index in [1.807, 2.05) is 31.2 Å². The van der Waals surface area contributed by atoms with E-state index in [0.29, 0.717) is 5.71 Å². The van der Waals surface area contributed by atoms with Gasteiger partial charge < -0.3 is 0 Å². The topological polar surface area (TPSA) is 111 Å². The maximum absolute atomic E-state index is 11.0. The Morgan fingerprint density at radius 3 is 2.26 bits per heavy atom. The lowest BCUT2D eigenvalue weighted by Gasteiger charge is -2.05. The Kier molecular flexibility index (Phi) is 4.65. The number of hydrogen-bond donors (Lipinski definition) is 1. The van der Waals surface area contributed by atoms with Crippen LogP contribution in [0.5, 0.6) is 0 Å². The van der Waals surface area contributed by atoms with Crippen LogP contribution in [0.3, 0.4) is 0 Å². The Hall–Kier alpha value is -3.29. The molecule has 0 saturated carbocycles. The van der Waals surface area contributed by atoms with Gasteiger partial charge in [-0.05, 0) is 25.5 Å². The predicted octanol–water partition coefficient (Wildman–Crippen LogP) is 3.65. The van der Waals surface area contributed by atoms with Crippen LogP contribution in [0.1, 0.15) is 18.1 Å². The largest absolute Gasteiger partial charge is 0.301 e. The normalized spacial score (nSPS) is 11.1. The van der Waals surface area contributed by atoms with Gasteiger partial charge in [0.05, 0.1) is 21.6 Å². The molecule has 23 heavy (non-hydrogen) atoms. The summed E-state index contributed by atoms with van der Waals surface area (Å²) < 4.78 is 0.